The van der Waals surface area contributed by atoms with Crippen LogP contribution in [-0.2, 0) is 25.6 Å². The highest BCUT2D eigenvalue weighted by molar-refractivity contribution is 5.73. The first-order valence-corrected chi connectivity index (χ1v) is 11.2. The van der Waals surface area contributed by atoms with Gasteiger partial charge < -0.3 is 14.2 Å². The van der Waals surface area contributed by atoms with Gasteiger partial charge in [-0.3, -0.25) is 10.1 Å². The molecule has 0 bridgehead atoms. The fraction of sp³-hybridized carbons (Fsp3) is 0.321. The second-order valence-electron chi connectivity index (χ2n) is 8.02. The minimum Gasteiger partial charge on any atom is -0.469 e. The number of methoxy groups -OCH3 is 2. The van der Waals surface area contributed by atoms with Crippen molar-refractivity contribution in [3.05, 3.63) is 108 Å². The van der Waals surface area contributed by atoms with Crippen LogP contribution in [0, 0.1) is 5.92 Å². The van der Waals surface area contributed by atoms with Crippen molar-refractivity contribution in [2.45, 2.75) is 38.3 Å². The summed E-state index contributed by atoms with van der Waals surface area (Å²) in [4.78, 5) is 12.9. The summed E-state index contributed by atoms with van der Waals surface area (Å²) in [7, 11) is 3.03. The molecule has 0 aromatic heterocycles. The van der Waals surface area contributed by atoms with Crippen LogP contribution in [-0.4, -0.2) is 26.4 Å². The van der Waals surface area contributed by atoms with Crippen molar-refractivity contribution in [2.75, 3.05) is 14.2 Å². The van der Waals surface area contributed by atoms with E-state index in [1.54, 1.807) is 7.11 Å². The molecule has 5 nitrogen and oxygen atoms in total. The van der Waals surface area contributed by atoms with Gasteiger partial charge in [-0.05, 0) is 23.6 Å². The number of carbonyl (C=O) groups is 1. The summed E-state index contributed by atoms with van der Waals surface area (Å²) < 4.78 is 17.3. The lowest BCUT2D eigenvalue weighted by Gasteiger charge is -2.30. The molecule has 0 radical (unpaired) electrons. The van der Waals surface area contributed by atoms with Crippen molar-refractivity contribution in [2.24, 2.45) is 5.92 Å². The molecule has 0 aliphatic rings. The molecule has 0 spiro atoms. The second kappa shape index (κ2) is 12.9. The van der Waals surface area contributed by atoms with Crippen LogP contribution >= 0.6 is 0 Å². The Morgan fingerprint density at radius 3 is 1.91 bits per heavy atom. The van der Waals surface area contributed by atoms with Crippen LogP contribution in [0.2, 0.25) is 0 Å². The summed E-state index contributed by atoms with van der Waals surface area (Å²) in [5, 5.41) is 3.56. The third-order valence-corrected chi connectivity index (χ3v) is 5.75. The Balaban J connectivity index is 1.82. The monoisotopic (exact) mass is 447 g/mol. The summed E-state index contributed by atoms with van der Waals surface area (Å²) in [5.41, 5.74) is 3.14. The molecule has 0 saturated carbocycles. The van der Waals surface area contributed by atoms with Gasteiger partial charge in [0, 0.05) is 19.6 Å². The highest BCUT2D eigenvalue weighted by Crippen LogP contribution is 2.31. The van der Waals surface area contributed by atoms with Crippen molar-refractivity contribution < 1.29 is 19.0 Å². The lowest BCUT2D eigenvalue weighted by Crippen LogP contribution is -2.39. The van der Waals surface area contributed by atoms with Gasteiger partial charge in [-0.25, -0.2) is 0 Å². The van der Waals surface area contributed by atoms with E-state index in [0.29, 0.717) is 13.0 Å². The van der Waals surface area contributed by atoms with Crippen LogP contribution in [0.15, 0.2) is 91.0 Å². The van der Waals surface area contributed by atoms with Crippen molar-refractivity contribution in [3.63, 3.8) is 0 Å². The van der Waals surface area contributed by atoms with Gasteiger partial charge in [0.2, 0.25) is 0 Å². The van der Waals surface area contributed by atoms with Crippen molar-refractivity contribution in [1.82, 2.24) is 5.32 Å². The molecule has 3 aromatic carbocycles. The average molecular weight is 448 g/mol. The predicted molar refractivity (Wildman–Crippen MR) is 129 cm³/mol. The SMILES string of the molecule is COC(=O)C(CC(NC(C)c1ccccc1)OCc1ccccc1)C(OC)c1ccccc1. The molecule has 3 aromatic rings. The maximum absolute atomic E-state index is 12.9. The number of rotatable bonds is 12. The molecule has 3 rings (SSSR count). The van der Waals surface area contributed by atoms with E-state index in [9.17, 15) is 4.79 Å². The zero-order valence-electron chi connectivity index (χ0n) is 19.5. The van der Waals surface area contributed by atoms with Crippen molar-refractivity contribution >= 4 is 5.97 Å². The van der Waals surface area contributed by atoms with Crippen LogP contribution in [0.25, 0.3) is 0 Å². The van der Waals surface area contributed by atoms with E-state index in [2.05, 4.69) is 24.4 Å². The molecular formula is C28H33NO4. The van der Waals surface area contributed by atoms with Crippen molar-refractivity contribution in [3.8, 4) is 0 Å². The van der Waals surface area contributed by atoms with E-state index in [4.69, 9.17) is 14.2 Å². The third kappa shape index (κ3) is 7.26. The minimum absolute atomic E-state index is 0.0305. The fourth-order valence-electron chi connectivity index (χ4n) is 3.97. The lowest BCUT2D eigenvalue weighted by molar-refractivity contribution is -0.154. The van der Waals surface area contributed by atoms with Crippen LogP contribution in [0.5, 0.6) is 0 Å². The third-order valence-electron chi connectivity index (χ3n) is 5.75. The summed E-state index contributed by atoms with van der Waals surface area (Å²) in [6, 6.07) is 30.0. The molecule has 174 valence electrons. The maximum Gasteiger partial charge on any atom is 0.311 e. The van der Waals surface area contributed by atoms with E-state index in [-0.39, 0.29) is 12.0 Å². The Kier molecular flexibility index (Phi) is 9.63. The lowest BCUT2D eigenvalue weighted by atomic mass is 9.91. The molecule has 0 saturated heterocycles. The van der Waals surface area contributed by atoms with Gasteiger partial charge in [-0.2, -0.15) is 0 Å². The van der Waals surface area contributed by atoms with E-state index >= 15 is 0 Å². The van der Waals surface area contributed by atoms with Crippen LogP contribution < -0.4 is 5.32 Å². The van der Waals surface area contributed by atoms with E-state index in [0.717, 1.165) is 16.7 Å². The molecule has 4 atom stereocenters. The first kappa shape index (κ1) is 24.6. The molecule has 5 heteroatoms. The van der Waals surface area contributed by atoms with Crippen LogP contribution in [0.4, 0.5) is 0 Å². The van der Waals surface area contributed by atoms with Gasteiger partial charge >= 0.3 is 5.97 Å². The number of hydrogen-bond acceptors (Lipinski definition) is 5. The van der Waals surface area contributed by atoms with E-state index in [1.165, 1.54) is 7.11 Å². The highest BCUT2D eigenvalue weighted by atomic mass is 16.5. The molecule has 0 aliphatic carbocycles. The van der Waals surface area contributed by atoms with Crippen molar-refractivity contribution in [1.29, 1.82) is 0 Å². The first-order valence-electron chi connectivity index (χ1n) is 11.2. The Hall–Kier alpha value is -2.99. The fourth-order valence-corrected chi connectivity index (χ4v) is 3.97. The molecule has 0 amide bonds. The van der Waals surface area contributed by atoms with Gasteiger partial charge in [0.25, 0.3) is 0 Å². The van der Waals surface area contributed by atoms with E-state index < -0.39 is 18.2 Å². The number of nitrogens with one attached hydrogen (secondary N) is 1. The Labute approximate surface area is 196 Å². The first-order chi connectivity index (χ1) is 16.1. The average Bonchev–Trinajstić information content (AvgIpc) is 2.88. The quantitative estimate of drug-likeness (QED) is 0.296. The summed E-state index contributed by atoms with van der Waals surface area (Å²) in [5.74, 6) is -0.869. The summed E-state index contributed by atoms with van der Waals surface area (Å²) in [6.45, 7) is 2.52. The standard InChI is InChI=1S/C28H33NO4/c1-21(23-15-9-5-10-16-23)29-26(33-20-22-13-7-4-8-14-22)19-25(28(30)32-3)27(31-2)24-17-11-6-12-18-24/h4-18,21,25-27,29H,19-20H2,1-3H3. The number of ether oxygens (including phenoxy) is 3. The van der Waals surface area contributed by atoms with Crippen LogP contribution in [0.1, 0.15) is 42.2 Å². The number of carbonyl (C=O) groups excluding carboxylic acids is 1. The largest absolute Gasteiger partial charge is 0.469 e. The Morgan fingerprint density at radius 1 is 0.818 bits per heavy atom. The smallest absolute Gasteiger partial charge is 0.311 e. The van der Waals surface area contributed by atoms with Crippen LogP contribution in [0.3, 0.4) is 0 Å². The molecular weight excluding hydrogens is 414 g/mol. The molecule has 0 aliphatic heterocycles. The Bertz CT molecular complexity index is 949. The van der Waals surface area contributed by atoms with Gasteiger partial charge in [-0.1, -0.05) is 91.0 Å². The number of benzene rings is 3. The molecule has 33 heavy (non-hydrogen) atoms. The van der Waals surface area contributed by atoms with E-state index in [1.807, 2.05) is 78.9 Å². The Morgan fingerprint density at radius 2 is 1.36 bits per heavy atom. The zero-order chi connectivity index (χ0) is 23.5. The minimum atomic E-state index is -0.543. The van der Waals surface area contributed by atoms with Gasteiger partial charge in [0.1, 0.15) is 6.23 Å². The number of esters is 1. The maximum atomic E-state index is 12.9. The van der Waals surface area contributed by atoms with Gasteiger partial charge in [0.05, 0.1) is 25.7 Å². The summed E-state index contributed by atoms with van der Waals surface area (Å²) in [6.07, 6.45) is -0.453. The molecule has 4 unspecified atom stereocenters. The van der Waals surface area contributed by atoms with Gasteiger partial charge in [0.15, 0.2) is 0 Å². The second-order valence-corrected chi connectivity index (χ2v) is 8.02. The topological polar surface area (TPSA) is 56.8 Å². The summed E-state index contributed by atoms with van der Waals surface area (Å²) >= 11 is 0. The molecule has 1 N–H and O–H groups in total. The number of hydrogen-bond donors (Lipinski definition) is 1. The normalized spacial score (nSPS) is 14.8. The zero-order valence-corrected chi connectivity index (χ0v) is 19.5. The molecule has 0 fully saturated rings. The predicted octanol–water partition coefficient (Wildman–Crippen LogP) is 5.45. The highest BCUT2D eigenvalue weighted by Gasteiger charge is 2.34. The molecule has 0 heterocycles. The van der Waals surface area contributed by atoms with Gasteiger partial charge in [-0.15, -0.1) is 0 Å².